The number of rotatable bonds is 11. The van der Waals surface area contributed by atoms with Crippen LogP contribution in [0.15, 0.2) is 214 Å². The van der Waals surface area contributed by atoms with E-state index < -0.39 is 0 Å². The molecule has 0 saturated heterocycles. The summed E-state index contributed by atoms with van der Waals surface area (Å²) in [5.41, 5.74) is 16.6. The molecule has 0 radical (unpaired) electrons. The first-order valence-electron chi connectivity index (χ1n) is 21.3. The van der Waals surface area contributed by atoms with E-state index in [1.807, 2.05) is 24.4 Å². The van der Waals surface area contributed by atoms with Crippen LogP contribution in [0.2, 0.25) is 0 Å². The van der Waals surface area contributed by atoms with Crippen LogP contribution in [0.4, 0.5) is 11.4 Å². The Morgan fingerprint density at radius 3 is 2.05 bits per heavy atom. The van der Waals surface area contributed by atoms with E-state index >= 15 is 0 Å². The summed E-state index contributed by atoms with van der Waals surface area (Å²) in [6.45, 7) is 10.3. The number of allylic oxidation sites excluding steroid dienone is 3. The van der Waals surface area contributed by atoms with E-state index in [0.29, 0.717) is 5.92 Å². The Kier molecular flexibility index (Phi) is 10.1. The zero-order chi connectivity index (χ0) is 41.3. The normalized spacial score (nSPS) is 14.2. The molecule has 2 heterocycles. The van der Waals surface area contributed by atoms with Gasteiger partial charge in [-0.2, -0.15) is 0 Å². The lowest BCUT2D eigenvalue weighted by atomic mass is 9.90. The number of nitrogens with zero attached hydrogens (tertiary/aromatic N) is 3. The van der Waals surface area contributed by atoms with E-state index in [9.17, 15) is 0 Å². The van der Waals surface area contributed by atoms with Crippen LogP contribution in [0.1, 0.15) is 42.4 Å². The molecule has 2 atom stereocenters. The van der Waals surface area contributed by atoms with Crippen molar-refractivity contribution < 1.29 is 0 Å². The number of benzene rings is 7. The third kappa shape index (κ3) is 7.19. The molecule has 0 spiro atoms. The maximum atomic E-state index is 4.62. The molecule has 294 valence electrons. The molecule has 0 aliphatic heterocycles. The highest BCUT2D eigenvalue weighted by atomic mass is 15.2. The van der Waals surface area contributed by atoms with Gasteiger partial charge in [-0.05, 0) is 130 Å². The molecule has 0 N–H and O–H groups in total. The summed E-state index contributed by atoms with van der Waals surface area (Å²) in [6, 6.07) is 62.0. The van der Waals surface area contributed by atoms with E-state index in [1.165, 1.54) is 72.0 Å². The number of anilines is 2. The van der Waals surface area contributed by atoms with Crippen LogP contribution in [0, 0.1) is 0 Å². The SMILES string of the molecule is C=CCC(C)c1cc(-c2ccc(N(c3ccc(-c4ccc5c(c4)c4ccccc4n5-c4ccccc4)cc3)C3C=CC(c4ccc5cccnc5c4)=CC3)cc2)ccc1C=C. The van der Waals surface area contributed by atoms with Gasteiger partial charge in [0, 0.05) is 39.4 Å². The van der Waals surface area contributed by atoms with Crippen LogP contribution >= 0.6 is 0 Å². The van der Waals surface area contributed by atoms with Gasteiger partial charge >= 0.3 is 0 Å². The summed E-state index contributed by atoms with van der Waals surface area (Å²) < 4.78 is 2.37. The van der Waals surface area contributed by atoms with Gasteiger partial charge < -0.3 is 9.47 Å². The van der Waals surface area contributed by atoms with E-state index in [1.54, 1.807) is 0 Å². The maximum Gasteiger partial charge on any atom is 0.0708 e. The molecule has 0 saturated carbocycles. The fraction of sp³-hybridized carbons (Fsp3) is 0.0862. The van der Waals surface area contributed by atoms with Crippen molar-refractivity contribution in [2.45, 2.75) is 31.7 Å². The zero-order valence-corrected chi connectivity index (χ0v) is 34.5. The Bertz CT molecular complexity index is 3130. The Balaban J connectivity index is 0.999. The molecule has 2 aromatic heterocycles. The lowest BCUT2D eigenvalue weighted by molar-refractivity contribution is 0.780. The summed E-state index contributed by atoms with van der Waals surface area (Å²) in [4.78, 5) is 7.10. The summed E-state index contributed by atoms with van der Waals surface area (Å²) in [5.74, 6) is 0.363. The Hall–Kier alpha value is -7.49. The second-order valence-corrected chi connectivity index (χ2v) is 16.1. The molecule has 0 fully saturated rings. The molecule has 0 bridgehead atoms. The van der Waals surface area contributed by atoms with E-state index in [2.05, 4.69) is 217 Å². The van der Waals surface area contributed by atoms with Gasteiger partial charge in [0.05, 0.1) is 22.6 Å². The molecule has 9 aromatic rings. The van der Waals surface area contributed by atoms with Gasteiger partial charge in [0.1, 0.15) is 0 Å². The van der Waals surface area contributed by atoms with Crippen LogP contribution in [0.25, 0.3) is 72.3 Å². The van der Waals surface area contributed by atoms with Crippen LogP contribution in [-0.2, 0) is 0 Å². The highest BCUT2D eigenvalue weighted by Crippen LogP contribution is 2.39. The number of hydrogen-bond donors (Lipinski definition) is 0. The van der Waals surface area contributed by atoms with Crippen molar-refractivity contribution in [3.05, 3.63) is 230 Å². The Morgan fingerprint density at radius 2 is 1.33 bits per heavy atom. The van der Waals surface area contributed by atoms with Gasteiger partial charge in [-0.15, -0.1) is 6.58 Å². The van der Waals surface area contributed by atoms with Gasteiger partial charge in [-0.1, -0.05) is 147 Å². The molecule has 1 aliphatic carbocycles. The smallest absolute Gasteiger partial charge is 0.0708 e. The van der Waals surface area contributed by atoms with E-state index in [-0.39, 0.29) is 6.04 Å². The van der Waals surface area contributed by atoms with Crippen molar-refractivity contribution in [2.24, 2.45) is 0 Å². The molecular weight excluding hydrogens is 739 g/mol. The lowest BCUT2D eigenvalue weighted by Gasteiger charge is -2.33. The highest BCUT2D eigenvalue weighted by molar-refractivity contribution is 6.10. The molecule has 3 nitrogen and oxygen atoms in total. The number of para-hydroxylation sites is 2. The zero-order valence-electron chi connectivity index (χ0n) is 34.5. The first-order chi connectivity index (χ1) is 30.1. The van der Waals surface area contributed by atoms with Gasteiger partial charge in [0.25, 0.3) is 0 Å². The minimum atomic E-state index is 0.123. The topological polar surface area (TPSA) is 21.1 Å². The van der Waals surface area contributed by atoms with Crippen molar-refractivity contribution in [3.63, 3.8) is 0 Å². The highest BCUT2D eigenvalue weighted by Gasteiger charge is 2.22. The van der Waals surface area contributed by atoms with E-state index in [4.69, 9.17) is 0 Å². The quantitative estimate of drug-likeness (QED) is 0.122. The molecular formula is C58H47N3. The average Bonchev–Trinajstić information content (AvgIpc) is 3.66. The summed E-state index contributed by atoms with van der Waals surface area (Å²) >= 11 is 0. The molecule has 7 aromatic carbocycles. The van der Waals surface area contributed by atoms with Crippen molar-refractivity contribution in [1.29, 1.82) is 0 Å². The first kappa shape index (κ1) is 37.8. The monoisotopic (exact) mass is 785 g/mol. The Morgan fingerprint density at radius 1 is 0.656 bits per heavy atom. The third-order valence-corrected chi connectivity index (χ3v) is 12.4. The molecule has 3 heteroatoms. The maximum absolute atomic E-state index is 4.62. The van der Waals surface area contributed by atoms with Crippen LogP contribution in [0.5, 0.6) is 0 Å². The average molecular weight is 786 g/mol. The largest absolute Gasteiger partial charge is 0.334 e. The minimum Gasteiger partial charge on any atom is -0.334 e. The first-order valence-corrected chi connectivity index (χ1v) is 21.3. The van der Waals surface area contributed by atoms with Crippen LogP contribution < -0.4 is 4.90 Å². The molecule has 0 amide bonds. The number of fused-ring (bicyclic) bond motifs is 4. The third-order valence-electron chi connectivity index (χ3n) is 12.4. The number of aromatic nitrogens is 2. The summed E-state index contributed by atoms with van der Waals surface area (Å²) in [5, 5.41) is 3.66. The van der Waals surface area contributed by atoms with Crippen molar-refractivity contribution in [2.75, 3.05) is 4.90 Å². The predicted octanol–water partition coefficient (Wildman–Crippen LogP) is 15.5. The van der Waals surface area contributed by atoms with Gasteiger partial charge in [0.15, 0.2) is 0 Å². The van der Waals surface area contributed by atoms with Gasteiger partial charge in [-0.25, -0.2) is 0 Å². The summed E-state index contributed by atoms with van der Waals surface area (Å²) in [6.07, 6.45) is 14.6. The molecule has 10 rings (SSSR count). The van der Waals surface area contributed by atoms with Crippen LogP contribution in [-0.4, -0.2) is 15.6 Å². The number of pyridine rings is 1. The lowest BCUT2D eigenvalue weighted by Crippen LogP contribution is -2.30. The standard InChI is InChI=1S/C58H47N3/c1-4-12-40(3)54-37-46(20-18-41(54)5-2)42-22-29-50(30-23-42)60(52-33-26-44(27-34-52)48-21-19-45-13-11-36-59-56(45)39-48)51-31-24-43(25-32-51)47-28-35-58-55(38-47)53-16-9-10-17-57(53)61(58)49-14-7-6-8-15-49/h4-11,13-33,35-40,52H,1-2,12,34H2,3H3. The number of hydrogen-bond acceptors (Lipinski definition) is 2. The summed E-state index contributed by atoms with van der Waals surface area (Å²) in [7, 11) is 0. The molecule has 61 heavy (non-hydrogen) atoms. The second kappa shape index (κ2) is 16.3. The van der Waals surface area contributed by atoms with Crippen molar-refractivity contribution >= 4 is 55.7 Å². The second-order valence-electron chi connectivity index (χ2n) is 16.1. The van der Waals surface area contributed by atoms with Gasteiger partial charge in [0.2, 0.25) is 0 Å². The fourth-order valence-corrected chi connectivity index (χ4v) is 9.17. The molecule has 2 unspecified atom stereocenters. The van der Waals surface area contributed by atoms with Crippen molar-refractivity contribution in [3.8, 4) is 27.9 Å². The molecule has 1 aliphatic rings. The van der Waals surface area contributed by atoms with E-state index in [0.717, 1.165) is 35.1 Å². The fourth-order valence-electron chi connectivity index (χ4n) is 9.17. The minimum absolute atomic E-state index is 0.123. The van der Waals surface area contributed by atoms with Crippen molar-refractivity contribution in [1.82, 2.24) is 9.55 Å². The van der Waals surface area contributed by atoms with Crippen LogP contribution in [0.3, 0.4) is 0 Å². The van der Waals surface area contributed by atoms with Gasteiger partial charge in [-0.3, -0.25) is 4.98 Å². The predicted molar refractivity (Wildman–Crippen MR) is 261 cm³/mol. The Labute approximate surface area is 358 Å².